The number of fused-ring (bicyclic) bond motifs is 1. The number of thiazole rings is 1. The maximum atomic E-state index is 13.6. The molecule has 4 rings (SSSR count). The molecule has 2 aromatic heterocycles. The molecule has 2 aromatic carbocycles. The Balaban J connectivity index is 1.36. The third kappa shape index (κ3) is 4.53. The van der Waals surface area contributed by atoms with E-state index in [0.29, 0.717) is 12.2 Å². The molecule has 0 aliphatic rings. The third-order valence-electron chi connectivity index (χ3n) is 4.49. The SMILES string of the molecule is COc1ccc(-c2nc3scc(CCNC(=O)C(=O)Nc4ccccc4F)n3n2)cc1. The topological polar surface area (TPSA) is 97.6 Å². The van der Waals surface area contributed by atoms with Gasteiger partial charge in [0.2, 0.25) is 4.96 Å². The van der Waals surface area contributed by atoms with Crippen molar-refractivity contribution in [1.29, 1.82) is 0 Å². The highest BCUT2D eigenvalue weighted by atomic mass is 32.1. The fourth-order valence-electron chi connectivity index (χ4n) is 2.89. The predicted octanol–water partition coefficient (Wildman–Crippen LogP) is 2.90. The summed E-state index contributed by atoms with van der Waals surface area (Å²) in [5.41, 5.74) is 1.67. The summed E-state index contributed by atoms with van der Waals surface area (Å²) in [7, 11) is 1.61. The van der Waals surface area contributed by atoms with Crippen LogP contribution in [0.25, 0.3) is 16.3 Å². The van der Waals surface area contributed by atoms with Crippen LogP contribution in [-0.2, 0) is 16.0 Å². The Hall–Kier alpha value is -3.79. The number of nitrogens with one attached hydrogen (secondary N) is 2. The monoisotopic (exact) mass is 439 g/mol. The zero-order chi connectivity index (χ0) is 21.8. The highest BCUT2D eigenvalue weighted by Gasteiger charge is 2.16. The number of rotatable bonds is 6. The fourth-order valence-corrected chi connectivity index (χ4v) is 3.74. The number of methoxy groups -OCH3 is 1. The summed E-state index contributed by atoms with van der Waals surface area (Å²) in [6.45, 7) is 0.215. The van der Waals surface area contributed by atoms with Crippen LogP contribution in [0, 0.1) is 5.82 Å². The average Bonchev–Trinajstić information content (AvgIpc) is 3.37. The first-order valence-electron chi connectivity index (χ1n) is 9.36. The van der Waals surface area contributed by atoms with Crippen molar-refractivity contribution in [2.45, 2.75) is 6.42 Å². The average molecular weight is 439 g/mol. The van der Waals surface area contributed by atoms with Gasteiger partial charge >= 0.3 is 11.8 Å². The molecule has 10 heteroatoms. The van der Waals surface area contributed by atoms with Gasteiger partial charge in [-0.25, -0.2) is 8.91 Å². The number of benzene rings is 2. The van der Waals surface area contributed by atoms with Crippen molar-refractivity contribution in [2.75, 3.05) is 19.0 Å². The van der Waals surface area contributed by atoms with Crippen molar-refractivity contribution in [3.63, 3.8) is 0 Å². The Morgan fingerprint density at radius 2 is 1.90 bits per heavy atom. The van der Waals surface area contributed by atoms with Crippen LogP contribution in [0.2, 0.25) is 0 Å². The van der Waals surface area contributed by atoms with Crippen molar-refractivity contribution in [3.05, 3.63) is 65.4 Å². The molecule has 0 aliphatic carbocycles. The third-order valence-corrected chi connectivity index (χ3v) is 5.36. The first kappa shape index (κ1) is 20.5. The quantitative estimate of drug-likeness (QED) is 0.450. The van der Waals surface area contributed by atoms with Gasteiger partial charge in [-0.1, -0.05) is 12.1 Å². The fraction of sp³-hybridized carbons (Fsp3) is 0.143. The number of carbonyl (C=O) groups is 2. The molecule has 0 radical (unpaired) electrons. The molecular weight excluding hydrogens is 421 g/mol. The van der Waals surface area contributed by atoms with Gasteiger partial charge in [-0.3, -0.25) is 9.59 Å². The molecule has 0 spiro atoms. The summed E-state index contributed by atoms with van der Waals surface area (Å²) >= 11 is 1.44. The number of hydrogen-bond donors (Lipinski definition) is 2. The lowest BCUT2D eigenvalue weighted by atomic mass is 10.2. The molecule has 158 valence electrons. The van der Waals surface area contributed by atoms with Gasteiger partial charge in [-0.2, -0.15) is 4.98 Å². The van der Waals surface area contributed by atoms with Crippen molar-refractivity contribution >= 4 is 33.8 Å². The zero-order valence-electron chi connectivity index (χ0n) is 16.5. The highest BCUT2D eigenvalue weighted by Crippen LogP contribution is 2.23. The van der Waals surface area contributed by atoms with Crippen LogP contribution in [0.5, 0.6) is 5.75 Å². The Kier molecular flexibility index (Phi) is 5.89. The molecule has 0 saturated heterocycles. The molecule has 4 aromatic rings. The van der Waals surface area contributed by atoms with E-state index in [1.165, 1.54) is 29.5 Å². The maximum Gasteiger partial charge on any atom is 0.313 e. The van der Waals surface area contributed by atoms with Gasteiger partial charge in [-0.15, -0.1) is 16.4 Å². The lowest BCUT2D eigenvalue weighted by molar-refractivity contribution is -0.136. The summed E-state index contributed by atoms with van der Waals surface area (Å²) in [6, 6.07) is 13.1. The number of amides is 2. The van der Waals surface area contributed by atoms with Crippen molar-refractivity contribution in [3.8, 4) is 17.1 Å². The normalized spacial score (nSPS) is 10.8. The van der Waals surface area contributed by atoms with Gasteiger partial charge in [0.1, 0.15) is 11.6 Å². The number of halogens is 1. The van der Waals surface area contributed by atoms with Crippen LogP contribution in [0.1, 0.15) is 5.69 Å². The Labute approximate surface area is 180 Å². The van der Waals surface area contributed by atoms with Gasteiger partial charge in [0.15, 0.2) is 5.82 Å². The maximum absolute atomic E-state index is 13.6. The molecule has 31 heavy (non-hydrogen) atoms. The van der Waals surface area contributed by atoms with E-state index in [9.17, 15) is 14.0 Å². The molecule has 0 saturated carbocycles. The molecule has 2 N–H and O–H groups in total. The molecular formula is C21H18FN5O3S. The molecule has 0 atom stereocenters. The molecule has 0 fully saturated rings. The molecule has 0 bridgehead atoms. The summed E-state index contributed by atoms with van der Waals surface area (Å²) in [5, 5.41) is 11.2. The van der Waals surface area contributed by atoms with Crippen molar-refractivity contribution in [2.24, 2.45) is 0 Å². The van der Waals surface area contributed by atoms with E-state index < -0.39 is 17.6 Å². The zero-order valence-corrected chi connectivity index (χ0v) is 17.3. The van der Waals surface area contributed by atoms with Crippen LogP contribution < -0.4 is 15.4 Å². The Bertz CT molecular complexity index is 1240. The minimum Gasteiger partial charge on any atom is -0.497 e. The lowest BCUT2D eigenvalue weighted by Crippen LogP contribution is -2.36. The predicted molar refractivity (Wildman–Crippen MR) is 115 cm³/mol. The van der Waals surface area contributed by atoms with Crippen LogP contribution in [0.15, 0.2) is 53.9 Å². The van der Waals surface area contributed by atoms with E-state index >= 15 is 0 Å². The Morgan fingerprint density at radius 3 is 2.65 bits per heavy atom. The summed E-state index contributed by atoms with van der Waals surface area (Å²) in [4.78, 5) is 29.2. The minimum atomic E-state index is -0.928. The number of ether oxygens (including phenoxy) is 1. The van der Waals surface area contributed by atoms with E-state index in [0.717, 1.165) is 22.0 Å². The van der Waals surface area contributed by atoms with E-state index in [4.69, 9.17) is 4.74 Å². The van der Waals surface area contributed by atoms with E-state index in [2.05, 4.69) is 20.7 Å². The van der Waals surface area contributed by atoms with E-state index in [1.807, 2.05) is 29.6 Å². The number of carbonyl (C=O) groups excluding carboxylic acids is 2. The number of nitrogens with zero attached hydrogens (tertiary/aromatic N) is 3. The van der Waals surface area contributed by atoms with Crippen LogP contribution in [0.3, 0.4) is 0 Å². The lowest BCUT2D eigenvalue weighted by Gasteiger charge is -2.07. The van der Waals surface area contributed by atoms with Crippen LogP contribution in [0.4, 0.5) is 10.1 Å². The van der Waals surface area contributed by atoms with Gasteiger partial charge in [-0.05, 0) is 36.4 Å². The highest BCUT2D eigenvalue weighted by molar-refractivity contribution is 7.15. The second kappa shape index (κ2) is 8.92. The molecule has 0 aliphatic heterocycles. The second-order valence-electron chi connectivity index (χ2n) is 6.53. The first-order chi connectivity index (χ1) is 15.0. The largest absolute Gasteiger partial charge is 0.497 e. The van der Waals surface area contributed by atoms with E-state index in [1.54, 1.807) is 17.7 Å². The van der Waals surface area contributed by atoms with Gasteiger partial charge in [0.25, 0.3) is 0 Å². The summed E-state index contributed by atoms with van der Waals surface area (Å²) in [6.07, 6.45) is 0.449. The van der Waals surface area contributed by atoms with Crippen molar-refractivity contribution < 1.29 is 18.7 Å². The number of para-hydroxylation sites is 1. The summed E-state index contributed by atoms with van der Waals surface area (Å²) < 4.78 is 20.5. The smallest absolute Gasteiger partial charge is 0.313 e. The van der Waals surface area contributed by atoms with Gasteiger partial charge < -0.3 is 15.4 Å². The number of aromatic nitrogens is 3. The molecule has 2 amide bonds. The summed E-state index contributed by atoms with van der Waals surface area (Å²) in [5.74, 6) is -1.04. The molecule has 0 unspecified atom stereocenters. The second-order valence-corrected chi connectivity index (χ2v) is 7.36. The minimum absolute atomic E-state index is 0.0455. The van der Waals surface area contributed by atoms with Gasteiger partial charge in [0, 0.05) is 23.9 Å². The van der Waals surface area contributed by atoms with Gasteiger partial charge in [0.05, 0.1) is 18.5 Å². The van der Waals surface area contributed by atoms with Crippen LogP contribution in [-0.4, -0.2) is 40.1 Å². The van der Waals surface area contributed by atoms with Crippen LogP contribution >= 0.6 is 11.3 Å². The number of hydrogen-bond acceptors (Lipinski definition) is 6. The molecule has 2 heterocycles. The Morgan fingerprint density at radius 1 is 1.13 bits per heavy atom. The molecule has 8 nitrogen and oxygen atoms in total. The van der Waals surface area contributed by atoms with Crippen molar-refractivity contribution in [1.82, 2.24) is 19.9 Å². The number of anilines is 1. The first-order valence-corrected chi connectivity index (χ1v) is 10.2. The van der Waals surface area contributed by atoms with E-state index in [-0.39, 0.29) is 12.2 Å². The standard InChI is InChI=1S/C21H18FN5O3S/c1-30-15-8-6-13(7-9-15)18-25-21-27(26-18)14(12-31-21)10-11-23-19(28)20(29)24-17-5-3-2-4-16(17)22/h2-9,12H,10-11H2,1H3,(H,23,28)(H,24,29).